The van der Waals surface area contributed by atoms with Crippen molar-refractivity contribution in [1.29, 1.82) is 0 Å². The van der Waals surface area contributed by atoms with E-state index in [1.807, 2.05) is 0 Å². The highest BCUT2D eigenvalue weighted by atomic mass is 79.9. The fourth-order valence-electron chi connectivity index (χ4n) is 1.14. The lowest BCUT2D eigenvalue weighted by Crippen LogP contribution is -1.99. The zero-order valence-corrected chi connectivity index (χ0v) is 8.52. The molecule has 0 saturated heterocycles. The fourth-order valence-corrected chi connectivity index (χ4v) is 1.62. The second-order valence-corrected chi connectivity index (χ2v) is 3.45. The quantitative estimate of drug-likeness (QED) is 0.790. The number of pyridine rings is 2. The third kappa shape index (κ3) is 1.46. The third-order valence-corrected chi connectivity index (χ3v) is 2.41. The Morgan fingerprint density at radius 2 is 2.29 bits per heavy atom. The second kappa shape index (κ2) is 3.34. The van der Waals surface area contributed by atoms with E-state index in [1.54, 1.807) is 24.5 Å². The summed E-state index contributed by atoms with van der Waals surface area (Å²) in [6, 6.07) is 3.29. The molecule has 0 amide bonds. The molecule has 1 N–H and O–H groups in total. The lowest BCUT2D eigenvalue weighted by molar-refractivity contribution is 0.0695. The van der Waals surface area contributed by atoms with Crippen LogP contribution in [0.4, 0.5) is 0 Å². The van der Waals surface area contributed by atoms with E-state index in [9.17, 15) is 4.79 Å². The lowest BCUT2D eigenvalue weighted by atomic mass is 10.2. The zero-order valence-electron chi connectivity index (χ0n) is 6.94. The van der Waals surface area contributed by atoms with Gasteiger partial charge in [0.05, 0.1) is 17.3 Å². The van der Waals surface area contributed by atoms with Crippen molar-refractivity contribution in [3.05, 3.63) is 34.7 Å². The minimum Gasteiger partial charge on any atom is -0.478 e. The number of carbonyl (C=O) groups is 1. The topological polar surface area (TPSA) is 63.1 Å². The maximum atomic E-state index is 10.8. The molecule has 0 aliphatic carbocycles. The van der Waals surface area contributed by atoms with Crippen molar-refractivity contribution in [2.75, 3.05) is 0 Å². The van der Waals surface area contributed by atoms with Gasteiger partial charge in [0, 0.05) is 11.6 Å². The van der Waals surface area contributed by atoms with E-state index in [0.29, 0.717) is 10.1 Å². The SMILES string of the molecule is O=C(O)c1cc2ccncc2nc1Br. The Labute approximate surface area is 87.7 Å². The summed E-state index contributed by atoms with van der Waals surface area (Å²) in [6.07, 6.45) is 3.19. The molecule has 2 aromatic heterocycles. The van der Waals surface area contributed by atoms with Gasteiger partial charge in [-0.2, -0.15) is 0 Å². The molecule has 0 spiro atoms. The molecular weight excluding hydrogens is 248 g/mol. The Morgan fingerprint density at radius 3 is 3.00 bits per heavy atom. The zero-order chi connectivity index (χ0) is 10.1. The molecule has 70 valence electrons. The first kappa shape index (κ1) is 9.08. The van der Waals surface area contributed by atoms with Gasteiger partial charge in [-0.15, -0.1) is 0 Å². The summed E-state index contributed by atoms with van der Waals surface area (Å²) in [4.78, 5) is 18.7. The standard InChI is InChI=1S/C9H5BrN2O2/c10-8-6(9(13)14)3-5-1-2-11-4-7(5)12-8/h1-4H,(H,13,14). The number of carboxylic acid groups (broad SMARTS) is 1. The van der Waals surface area contributed by atoms with Gasteiger partial charge in [0.25, 0.3) is 0 Å². The number of fused-ring (bicyclic) bond motifs is 1. The smallest absolute Gasteiger partial charge is 0.338 e. The average Bonchev–Trinajstić information content (AvgIpc) is 2.16. The summed E-state index contributed by atoms with van der Waals surface area (Å²) < 4.78 is 0.325. The average molecular weight is 253 g/mol. The lowest BCUT2D eigenvalue weighted by Gasteiger charge is -2.00. The fraction of sp³-hybridized carbons (Fsp3) is 0. The van der Waals surface area contributed by atoms with Crippen LogP contribution in [-0.2, 0) is 0 Å². The number of aromatic nitrogens is 2. The number of rotatable bonds is 1. The van der Waals surface area contributed by atoms with Crippen molar-refractivity contribution in [2.24, 2.45) is 0 Å². The number of nitrogens with zero attached hydrogens (tertiary/aromatic N) is 2. The minimum absolute atomic E-state index is 0.156. The van der Waals surface area contributed by atoms with E-state index in [0.717, 1.165) is 5.39 Å². The maximum absolute atomic E-state index is 10.8. The van der Waals surface area contributed by atoms with Gasteiger partial charge in [-0.1, -0.05) is 0 Å². The molecule has 0 aliphatic rings. The van der Waals surface area contributed by atoms with Crippen LogP contribution in [0.5, 0.6) is 0 Å². The molecule has 0 saturated carbocycles. The number of hydrogen-bond donors (Lipinski definition) is 1. The molecule has 2 aromatic rings. The van der Waals surface area contributed by atoms with Crippen LogP contribution in [0.1, 0.15) is 10.4 Å². The molecular formula is C9H5BrN2O2. The van der Waals surface area contributed by atoms with Crippen LogP contribution in [-0.4, -0.2) is 21.0 Å². The predicted molar refractivity (Wildman–Crippen MR) is 54.2 cm³/mol. The minimum atomic E-state index is -0.997. The van der Waals surface area contributed by atoms with Crippen LogP contribution in [0.25, 0.3) is 10.9 Å². The molecule has 2 heterocycles. The number of aromatic carboxylic acids is 1. The molecule has 2 rings (SSSR count). The van der Waals surface area contributed by atoms with Crippen LogP contribution >= 0.6 is 15.9 Å². The third-order valence-electron chi connectivity index (χ3n) is 1.80. The van der Waals surface area contributed by atoms with Gasteiger partial charge in [-0.05, 0) is 28.1 Å². The molecule has 0 unspecified atom stereocenters. The molecule has 14 heavy (non-hydrogen) atoms. The van der Waals surface area contributed by atoms with Crippen molar-refractivity contribution in [3.63, 3.8) is 0 Å². The molecule has 0 fully saturated rings. The number of hydrogen-bond acceptors (Lipinski definition) is 3. The van der Waals surface area contributed by atoms with Gasteiger partial charge in [-0.3, -0.25) is 4.98 Å². The highest BCUT2D eigenvalue weighted by Gasteiger charge is 2.10. The van der Waals surface area contributed by atoms with Crippen LogP contribution in [0.2, 0.25) is 0 Å². The Morgan fingerprint density at radius 1 is 1.50 bits per heavy atom. The second-order valence-electron chi connectivity index (χ2n) is 2.70. The monoisotopic (exact) mass is 252 g/mol. The van der Waals surface area contributed by atoms with Gasteiger partial charge in [0.1, 0.15) is 4.60 Å². The Balaban J connectivity index is 2.77. The van der Waals surface area contributed by atoms with Crippen LogP contribution in [0, 0.1) is 0 Å². The van der Waals surface area contributed by atoms with Gasteiger partial charge >= 0.3 is 5.97 Å². The highest BCUT2D eigenvalue weighted by molar-refractivity contribution is 9.10. The molecule has 0 atom stereocenters. The van der Waals surface area contributed by atoms with Gasteiger partial charge in [0.2, 0.25) is 0 Å². The largest absolute Gasteiger partial charge is 0.478 e. The van der Waals surface area contributed by atoms with Crippen LogP contribution < -0.4 is 0 Å². The summed E-state index contributed by atoms with van der Waals surface area (Å²) in [5.41, 5.74) is 0.827. The molecule has 4 nitrogen and oxygen atoms in total. The first-order chi connectivity index (χ1) is 6.68. The van der Waals surface area contributed by atoms with Crippen LogP contribution in [0.15, 0.2) is 29.1 Å². The van der Waals surface area contributed by atoms with E-state index in [2.05, 4.69) is 25.9 Å². The molecule has 0 aliphatic heterocycles. The summed E-state index contributed by atoms with van der Waals surface area (Å²) in [5, 5.41) is 9.60. The first-order valence-corrected chi connectivity index (χ1v) is 4.61. The van der Waals surface area contributed by atoms with Gasteiger partial charge in [-0.25, -0.2) is 9.78 Å². The number of halogens is 1. The van der Waals surface area contributed by atoms with Crippen LogP contribution in [0.3, 0.4) is 0 Å². The normalized spacial score (nSPS) is 10.4. The van der Waals surface area contributed by atoms with E-state index in [1.165, 1.54) is 0 Å². The Bertz CT molecular complexity index is 513. The Hall–Kier alpha value is -1.49. The molecule has 0 aromatic carbocycles. The van der Waals surface area contributed by atoms with E-state index in [-0.39, 0.29) is 5.56 Å². The van der Waals surface area contributed by atoms with Crippen molar-refractivity contribution in [1.82, 2.24) is 9.97 Å². The molecule has 0 bridgehead atoms. The summed E-state index contributed by atoms with van der Waals surface area (Å²) in [5.74, 6) is -0.997. The maximum Gasteiger partial charge on any atom is 0.338 e. The highest BCUT2D eigenvalue weighted by Crippen LogP contribution is 2.19. The molecule has 5 heteroatoms. The van der Waals surface area contributed by atoms with E-state index >= 15 is 0 Å². The van der Waals surface area contributed by atoms with Gasteiger partial charge in [0.15, 0.2) is 0 Å². The van der Waals surface area contributed by atoms with E-state index < -0.39 is 5.97 Å². The summed E-state index contributed by atoms with van der Waals surface area (Å²) >= 11 is 3.10. The van der Waals surface area contributed by atoms with E-state index in [4.69, 9.17) is 5.11 Å². The number of carboxylic acids is 1. The Kier molecular flexibility index (Phi) is 2.17. The summed E-state index contributed by atoms with van der Waals surface area (Å²) in [6.45, 7) is 0. The predicted octanol–water partition coefficient (Wildman–Crippen LogP) is 2.09. The van der Waals surface area contributed by atoms with Crippen molar-refractivity contribution in [2.45, 2.75) is 0 Å². The van der Waals surface area contributed by atoms with Crippen molar-refractivity contribution < 1.29 is 9.90 Å². The van der Waals surface area contributed by atoms with Gasteiger partial charge < -0.3 is 5.11 Å². The summed E-state index contributed by atoms with van der Waals surface area (Å²) in [7, 11) is 0. The van der Waals surface area contributed by atoms with Crippen molar-refractivity contribution >= 4 is 32.8 Å². The first-order valence-electron chi connectivity index (χ1n) is 3.82. The molecule has 0 radical (unpaired) electrons. The van der Waals surface area contributed by atoms with Crippen molar-refractivity contribution in [3.8, 4) is 0 Å².